The van der Waals surface area contributed by atoms with Crippen LogP contribution in [0.15, 0.2) is 52.9 Å². The van der Waals surface area contributed by atoms with Crippen LogP contribution >= 0.6 is 0 Å². The van der Waals surface area contributed by atoms with Crippen molar-refractivity contribution in [2.75, 3.05) is 5.32 Å². The molecule has 1 heterocycles. The number of hydrogen-bond donors (Lipinski definition) is 1. The number of carbonyl (C=O) groups is 1. The van der Waals surface area contributed by atoms with Crippen LogP contribution in [0.4, 0.5) is 23.2 Å². The van der Waals surface area contributed by atoms with Crippen molar-refractivity contribution in [2.45, 2.75) is 13.1 Å². The number of anilines is 1. The number of aryl methyl sites for hydroxylation is 1. The van der Waals surface area contributed by atoms with Crippen LogP contribution < -0.4 is 5.32 Å². The SMILES string of the molecule is Cc1oc(-c2ccccc2)nc1C(=O)Nc1ccc(F)c(C(F)(F)F)c1. The Morgan fingerprint density at radius 2 is 1.81 bits per heavy atom. The Kier molecular flexibility index (Phi) is 4.50. The van der Waals surface area contributed by atoms with E-state index < -0.39 is 23.5 Å². The number of nitrogens with one attached hydrogen (secondary N) is 1. The van der Waals surface area contributed by atoms with Gasteiger partial charge >= 0.3 is 6.18 Å². The summed E-state index contributed by atoms with van der Waals surface area (Å²) < 4.78 is 57.1. The van der Waals surface area contributed by atoms with Crippen molar-refractivity contribution < 1.29 is 26.8 Å². The van der Waals surface area contributed by atoms with E-state index in [1.54, 1.807) is 30.3 Å². The maximum Gasteiger partial charge on any atom is 0.419 e. The lowest BCUT2D eigenvalue weighted by atomic mass is 10.1. The molecule has 1 aromatic heterocycles. The number of benzene rings is 2. The average molecular weight is 364 g/mol. The summed E-state index contributed by atoms with van der Waals surface area (Å²) in [5, 5.41) is 2.28. The van der Waals surface area contributed by atoms with E-state index in [0.717, 1.165) is 6.07 Å². The molecular formula is C18H12F4N2O2. The Labute approximate surface area is 145 Å². The van der Waals surface area contributed by atoms with E-state index in [9.17, 15) is 22.4 Å². The van der Waals surface area contributed by atoms with Gasteiger partial charge in [0.05, 0.1) is 5.56 Å². The Morgan fingerprint density at radius 1 is 1.12 bits per heavy atom. The fourth-order valence-electron chi connectivity index (χ4n) is 2.32. The topological polar surface area (TPSA) is 55.1 Å². The first kappa shape index (κ1) is 17.7. The number of oxazole rings is 1. The lowest BCUT2D eigenvalue weighted by Gasteiger charge is -2.10. The second-order valence-corrected chi connectivity index (χ2v) is 5.44. The van der Waals surface area contributed by atoms with Gasteiger partial charge in [0, 0.05) is 11.3 Å². The van der Waals surface area contributed by atoms with Crippen molar-refractivity contribution in [1.29, 1.82) is 0 Å². The molecule has 0 aliphatic heterocycles. The van der Waals surface area contributed by atoms with Gasteiger partial charge < -0.3 is 9.73 Å². The predicted molar refractivity (Wildman–Crippen MR) is 86.0 cm³/mol. The van der Waals surface area contributed by atoms with Crippen LogP contribution in [-0.4, -0.2) is 10.9 Å². The maximum atomic E-state index is 13.3. The molecule has 134 valence electrons. The molecule has 1 N–H and O–H groups in total. The molecule has 0 aliphatic carbocycles. The number of nitrogens with zero attached hydrogens (tertiary/aromatic N) is 1. The second kappa shape index (κ2) is 6.62. The van der Waals surface area contributed by atoms with Crippen molar-refractivity contribution >= 4 is 11.6 Å². The van der Waals surface area contributed by atoms with Gasteiger partial charge in [-0.1, -0.05) is 18.2 Å². The van der Waals surface area contributed by atoms with E-state index in [1.165, 1.54) is 6.92 Å². The number of hydrogen-bond acceptors (Lipinski definition) is 3. The summed E-state index contributed by atoms with van der Waals surface area (Å²) in [5.74, 6) is -1.75. The molecule has 0 atom stereocenters. The van der Waals surface area contributed by atoms with E-state index in [1.807, 2.05) is 0 Å². The fourth-order valence-corrected chi connectivity index (χ4v) is 2.32. The van der Waals surface area contributed by atoms with Crippen LogP contribution in [0.5, 0.6) is 0 Å². The summed E-state index contributed by atoms with van der Waals surface area (Å²) in [7, 11) is 0. The Hall–Kier alpha value is -3.16. The lowest BCUT2D eigenvalue weighted by molar-refractivity contribution is -0.139. The quantitative estimate of drug-likeness (QED) is 0.661. The highest BCUT2D eigenvalue weighted by molar-refractivity contribution is 6.03. The molecule has 0 saturated carbocycles. The van der Waals surface area contributed by atoms with Crippen molar-refractivity contribution in [2.24, 2.45) is 0 Å². The minimum atomic E-state index is -4.87. The first-order chi connectivity index (χ1) is 12.3. The molecule has 0 fully saturated rings. The fraction of sp³-hybridized carbons (Fsp3) is 0.111. The van der Waals surface area contributed by atoms with Gasteiger partial charge in [0.15, 0.2) is 5.69 Å². The number of rotatable bonds is 3. The molecule has 0 radical (unpaired) electrons. The van der Waals surface area contributed by atoms with Crippen molar-refractivity contribution in [3.8, 4) is 11.5 Å². The zero-order chi connectivity index (χ0) is 18.9. The molecule has 0 unspecified atom stereocenters. The summed E-state index contributed by atoms with van der Waals surface area (Å²) >= 11 is 0. The standard InChI is InChI=1S/C18H12F4N2O2/c1-10-15(24-17(26-10)11-5-3-2-4-6-11)16(25)23-12-7-8-14(19)13(9-12)18(20,21)22/h2-9H,1H3,(H,23,25). The molecule has 1 amide bonds. The predicted octanol–water partition coefficient (Wildman–Crippen LogP) is 5.06. The van der Waals surface area contributed by atoms with Gasteiger partial charge in [-0.15, -0.1) is 0 Å². The zero-order valence-corrected chi connectivity index (χ0v) is 13.4. The normalized spacial score (nSPS) is 11.4. The van der Waals surface area contributed by atoms with Gasteiger partial charge in [-0.3, -0.25) is 4.79 Å². The molecule has 0 saturated heterocycles. The Balaban J connectivity index is 1.86. The summed E-state index contributed by atoms with van der Waals surface area (Å²) in [4.78, 5) is 16.4. The zero-order valence-electron chi connectivity index (χ0n) is 13.4. The molecule has 0 bridgehead atoms. The maximum absolute atomic E-state index is 13.3. The highest BCUT2D eigenvalue weighted by Gasteiger charge is 2.34. The van der Waals surface area contributed by atoms with Gasteiger partial charge in [-0.2, -0.15) is 13.2 Å². The third-order valence-corrected chi connectivity index (χ3v) is 3.56. The molecule has 8 heteroatoms. The lowest BCUT2D eigenvalue weighted by Crippen LogP contribution is -2.15. The average Bonchev–Trinajstić information content (AvgIpc) is 2.98. The van der Waals surface area contributed by atoms with E-state index >= 15 is 0 Å². The molecule has 26 heavy (non-hydrogen) atoms. The van der Waals surface area contributed by atoms with E-state index in [0.29, 0.717) is 17.7 Å². The first-order valence-electron chi connectivity index (χ1n) is 7.46. The van der Waals surface area contributed by atoms with E-state index in [2.05, 4.69) is 10.3 Å². The monoisotopic (exact) mass is 364 g/mol. The number of halogens is 4. The number of alkyl halides is 3. The summed E-state index contributed by atoms with van der Waals surface area (Å²) in [6, 6.07) is 11.0. The van der Waals surface area contributed by atoms with Crippen LogP contribution in [0, 0.1) is 12.7 Å². The number of aromatic nitrogens is 1. The molecule has 0 aliphatic rings. The van der Waals surface area contributed by atoms with Gasteiger partial charge in [-0.25, -0.2) is 9.37 Å². The van der Waals surface area contributed by atoms with Crippen LogP contribution in [-0.2, 0) is 6.18 Å². The van der Waals surface area contributed by atoms with Crippen molar-refractivity contribution in [1.82, 2.24) is 4.98 Å². The van der Waals surface area contributed by atoms with E-state index in [4.69, 9.17) is 4.42 Å². The minimum absolute atomic E-state index is 0.0678. The highest BCUT2D eigenvalue weighted by atomic mass is 19.4. The Morgan fingerprint density at radius 3 is 2.46 bits per heavy atom. The van der Waals surface area contributed by atoms with Gasteiger partial charge in [-0.05, 0) is 37.3 Å². The number of carbonyl (C=O) groups excluding carboxylic acids is 1. The van der Waals surface area contributed by atoms with Crippen LogP contribution in [0.25, 0.3) is 11.5 Å². The third-order valence-electron chi connectivity index (χ3n) is 3.56. The van der Waals surface area contributed by atoms with Crippen LogP contribution in [0.1, 0.15) is 21.8 Å². The molecule has 4 nitrogen and oxygen atoms in total. The van der Waals surface area contributed by atoms with E-state index in [-0.39, 0.29) is 23.0 Å². The largest absolute Gasteiger partial charge is 0.441 e. The molecule has 3 rings (SSSR count). The molecule has 3 aromatic rings. The van der Waals surface area contributed by atoms with Crippen molar-refractivity contribution in [3.05, 3.63) is 71.4 Å². The second-order valence-electron chi connectivity index (χ2n) is 5.44. The smallest absolute Gasteiger partial charge is 0.419 e. The molecule has 0 spiro atoms. The van der Waals surface area contributed by atoms with Crippen LogP contribution in [0.3, 0.4) is 0 Å². The first-order valence-corrected chi connectivity index (χ1v) is 7.46. The van der Waals surface area contributed by atoms with Gasteiger partial charge in [0.2, 0.25) is 5.89 Å². The Bertz CT molecular complexity index is 950. The summed E-state index contributed by atoms with van der Waals surface area (Å²) in [6.07, 6.45) is -4.87. The summed E-state index contributed by atoms with van der Waals surface area (Å²) in [5.41, 5.74) is -1.08. The van der Waals surface area contributed by atoms with Crippen molar-refractivity contribution in [3.63, 3.8) is 0 Å². The molecule has 2 aromatic carbocycles. The minimum Gasteiger partial charge on any atom is -0.441 e. The molecular weight excluding hydrogens is 352 g/mol. The van der Waals surface area contributed by atoms with Gasteiger partial charge in [0.1, 0.15) is 11.6 Å². The van der Waals surface area contributed by atoms with Crippen LogP contribution in [0.2, 0.25) is 0 Å². The van der Waals surface area contributed by atoms with Gasteiger partial charge in [0.25, 0.3) is 5.91 Å². The third kappa shape index (κ3) is 3.58. The highest BCUT2D eigenvalue weighted by Crippen LogP contribution is 2.33. The number of amides is 1. The summed E-state index contributed by atoms with van der Waals surface area (Å²) in [6.45, 7) is 1.51.